The summed E-state index contributed by atoms with van der Waals surface area (Å²) in [6, 6.07) is 6.21. The van der Waals surface area contributed by atoms with Crippen molar-refractivity contribution in [3.8, 4) is 0 Å². The minimum absolute atomic E-state index is 0.00831. The summed E-state index contributed by atoms with van der Waals surface area (Å²) in [7, 11) is -3.59. The van der Waals surface area contributed by atoms with E-state index in [0.717, 1.165) is 0 Å². The molecule has 3 aliphatic rings. The van der Waals surface area contributed by atoms with E-state index in [0.29, 0.717) is 64.5 Å². The normalized spacial score (nSPS) is 22.6. The maximum atomic E-state index is 13.0. The van der Waals surface area contributed by atoms with Crippen LogP contribution in [-0.4, -0.2) is 91.7 Å². The van der Waals surface area contributed by atoms with Crippen molar-refractivity contribution in [2.24, 2.45) is 11.8 Å². The molecule has 3 aliphatic heterocycles. The van der Waals surface area contributed by atoms with Crippen molar-refractivity contribution in [3.63, 3.8) is 0 Å². The Balaban J connectivity index is 1.28. The molecule has 0 aromatic heterocycles. The van der Waals surface area contributed by atoms with Gasteiger partial charge in [0.25, 0.3) is 0 Å². The van der Waals surface area contributed by atoms with E-state index < -0.39 is 10.0 Å². The van der Waals surface area contributed by atoms with Crippen molar-refractivity contribution in [1.82, 2.24) is 14.1 Å². The van der Waals surface area contributed by atoms with Gasteiger partial charge in [-0.2, -0.15) is 4.31 Å². The molecule has 11 heteroatoms. The van der Waals surface area contributed by atoms with Crippen LogP contribution >= 0.6 is 0 Å². The van der Waals surface area contributed by atoms with Gasteiger partial charge in [0.1, 0.15) is 0 Å². The summed E-state index contributed by atoms with van der Waals surface area (Å²) in [5.41, 5.74) is 0.230. The number of rotatable bonds is 5. The van der Waals surface area contributed by atoms with Crippen LogP contribution < -0.4 is 5.32 Å². The van der Waals surface area contributed by atoms with Gasteiger partial charge in [-0.25, -0.2) is 8.42 Å². The first-order valence-electron chi connectivity index (χ1n) is 12.5. The number of morpholine rings is 1. The Hall–Kier alpha value is -2.50. The van der Waals surface area contributed by atoms with Gasteiger partial charge < -0.3 is 19.9 Å². The monoisotopic (exact) mass is 520 g/mol. The minimum Gasteiger partial charge on any atom is -0.379 e. The van der Waals surface area contributed by atoms with E-state index in [1.54, 1.807) is 21.9 Å². The summed E-state index contributed by atoms with van der Waals surface area (Å²) in [5, 5.41) is 2.88. The summed E-state index contributed by atoms with van der Waals surface area (Å²) < 4.78 is 32.2. The third kappa shape index (κ3) is 5.73. The molecule has 3 amide bonds. The number of nitrogens with one attached hydrogen (secondary N) is 1. The van der Waals surface area contributed by atoms with Crippen molar-refractivity contribution in [3.05, 3.63) is 24.3 Å². The largest absolute Gasteiger partial charge is 0.379 e. The summed E-state index contributed by atoms with van der Waals surface area (Å²) in [6.45, 7) is 8.73. The third-order valence-electron chi connectivity index (χ3n) is 7.19. The molecule has 198 valence electrons. The molecule has 1 unspecified atom stereocenters. The van der Waals surface area contributed by atoms with E-state index in [9.17, 15) is 22.8 Å². The Morgan fingerprint density at radius 2 is 1.58 bits per heavy atom. The second kappa shape index (κ2) is 10.5. The van der Waals surface area contributed by atoms with Gasteiger partial charge in [0.15, 0.2) is 0 Å². The highest BCUT2D eigenvalue weighted by atomic mass is 32.2. The van der Waals surface area contributed by atoms with Crippen LogP contribution in [0.25, 0.3) is 0 Å². The molecule has 0 radical (unpaired) electrons. The second-order valence-electron chi connectivity index (χ2n) is 10.7. The molecule has 1 aromatic rings. The number of likely N-dealkylation sites (tertiary alicyclic amines) is 2. The number of nitrogens with zero attached hydrogens (tertiary/aromatic N) is 3. The lowest BCUT2D eigenvalue weighted by Gasteiger charge is -2.34. The molecular formula is C25H36N4O6S. The van der Waals surface area contributed by atoms with Crippen molar-refractivity contribution >= 4 is 33.4 Å². The smallest absolute Gasteiger partial charge is 0.243 e. The SMILES string of the molecule is CC(C)(C)N1CC(C(=O)N2CCC(C(=O)Nc3ccc(S(=O)(=O)N4CCOCC4)cc3)CC2)CC1=O. The van der Waals surface area contributed by atoms with Gasteiger partial charge in [-0.1, -0.05) is 0 Å². The van der Waals surface area contributed by atoms with Gasteiger partial charge in [-0.3, -0.25) is 14.4 Å². The fourth-order valence-corrected chi connectivity index (χ4v) is 6.44. The molecular weight excluding hydrogens is 484 g/mol. The predicted octanol–water partition coefficient (Wildman–Crippen LogP) is 1.53. The van der Waals surface area contributed by atoms with E-state index in [4.69, 9.17) is 4.74 Å². The average Bonchev–Trinajstić information content (AvgIpc) is 3.27. The second-order valence-corrected chi connectivity index (χ2v) is 12.6. The van der Waals surface area contributed by atoms with Crippen molar-refractivity contribution in [2.45, 2.75) is 50.5 Å². The first kappa shape index (κ1) is 26.6. The number of hydrogen-bond donors (Lipinski definition) is 1. The molecule has 0 bridgehead atoms. The van der Waals surface area contributed by atoms with Crippen LogP contribution in [0.4, 0.5) is 5.69 Å². The summed E-state index contributed by atoms with van der Waals surface area (Å²) in [6.07, 6.45) is 1.34. The van der Waals surface area contributed by atoms with Crippen molar-refractivity contribution < 1.29 is 27.5 Å². The Kier molecular flexibility index (Phi) is 7.72. The zero-order valence-electron chi connectivity index (χ0n) is 21.2. The number of carbonyl (C=O) groups is 3. The van der Waals surface area contributed by atoms with Gasteiger partial charge >= 0.3 is 0 Å². The number of ether oxygens (including phenoxy) is 1. The zero-order chi connectivity index (χ0) is 26.1. The van der Waals surface area contributed by atoms with Crippen LogP contribution in [0, 0.1) is 11.8 Å². The van der Waals surface area contributed by atoms with Gasteiger partial charge in [0.2, 0.25) is 27.7 Å². The quantitative estimate of drug-likeness (QED) is 0.630. The number of anilines is 1. The summed E-state index contributed by atoms with van der Waals surface area (Å²) in [5.74, 6) is -0.692. The number of carbonyl (C=O) groups excluding carboxylic acids is 3. The van der Waals surface area contributed by atoms with E-state index in [-0.39, 0.29) is 46.4 Å². The predicted molar refractivity (Wildman–Crippen MR) is 134 cm³/mol. The molecule has 0 aliphatic carbocycles. The van der Waals surface area contributed by atoms with Crippen molar-refractivity contribution in [1.29, 1.82) is 0 Å². The topological polar surface area (TPSA) is 116 Å². The molecule has 0 spiro atoms. The number of piperidine rings is 1. The first-order chi connectivity index (χ1) is 17.0. The molecule has 36 heavy (non-hydrogen) atoms. The maximum absolute atomic E-state index is 13.0. The van der Waals surface area contributed by atoms with Crippen LogP contribution in [0.15, 0.2) is 29.2 Å². The van der Waals surface area contributed by atoms with Crippen LogP contribution in [0.3, 0.4) is 0 Å². The number of amides is 3. The van der Waals surface area contributed by atoms with Crippen LogP contribution in [0.2, 0.25) is 0 Å². The van der Waals surface area contributed by atoms with Crippen LogP contribution in [-0.2, 0) is 29.1 Å². The zero-order valence-corrected chi connectivity index (χ0v) is 22.1. The maximum Gasteiger partial charge on any atom is 0.243 e. The fraction of sp³-hybridized carbons (Fsp3) is 0.640. The molecule has 3 fully saturated rings. The Morgan fingerprint density at radius 3 is 2.14 bits per heavy atom. The molecule has 3 saturated heterocycles. The summed E-state index contributed by atoms with van der Waals surface area (Å²) >= 11 is 0. The molecule has 0 saturated carbocycles. The molecule has 1 atom stereocenters. The molecule has 4 rings (SSSR count). The van der Waals surface area contributed by atoms with Gasteiger partial charge in [-0.05, 0) is 57.9 Å². The van der Waals surface area contributed by atoms with Crippen molar-refractivity contribution in [2.75, 3.05) is 51.3 Å². The highest BCUT2D eigenvalue weighted by molar-refractivity contribution is 7.89. The van der Waals surface area contributed by atoms with E-state index in [1.165, 1.54) is 16.4 Å². The Labute approximate surface area is 213 Å². The van der Waals surface area contributed by atoms with Gasteiger partial charge in [0.05, 0.1) is 24.0 Å². The molecule has 1 N–H and O–H groups in total. The minimum atomic E-state index is -3.59. The standard InChI is InChI=1S/C25H36N4O6S/c1-25(2,3)29-17-19(16-22(29)30)24(32)27-10-8-18(9-11-27)23(31)26-20-4-6-21(7-5-20)36(33,34)28-12-14-35-15-13-28/h4-7,18-19H,8-17H2,1-3H3,(H,26,31). The highest BCUT2D eigenvalue weighted by Gasteiger charge is 2.41. The lowest BCUT2D eigenvalue weighted by Crippen LogP contribution is -2.46. The van der Waals surface area contributed by atoms with E-state index in [2.05, 4.69) is 5.32 Å². The Bertz CT molecular complexity index is 1080. The molecule has 3 heterocycles. The number of benzene rings is 1. The average molecular weight is 521 g/mol. The lowest BCUT2D eigenvalue weighted by molar-refractivity contribution is -0.138. The first-order valence-corrected chi connectivity index (χ1v) is 14.0. The highest BCUT2D eigenvalue weighted by Crippen LogP contribution is 2.29. The fourth-order valence-electron chi connectivity index (χ4n) is 5.03. The molecule has 10 nitrogen and oxygen atoms in total. The summed E-state index contributed by atoms with van der Waals surface area (Å²) in [4.78, 5) is 41.9. The molecule has 1 aromatic carbocycles. The number of sulfonamides is 1. The lowest BCUT2D eigenvalue weighted by atomic mass is 9.94. The van der Waals surface area contributed by atoms with Gasteiger partial charge in [-0.15, -0.1) is 0 Å². The van der Waals surface area contributed by atoms with Gasteiger partial charge in [0, 0.05) is 56.3 Å². The van der Waals surface area contributed by atoms with E-state index in [1.807, 2.05) is 20.8 Å². The third-order valence-corrected chi connectivity index (χ3v) is 9.10. The Morgan fingerprint density at radius 1 is 0.972 bits per heavy atom. The van der Waals surface area contributed by atoms with E-state index >= 15 is 0 Å². The van der Waals surface area contributed by atoms with Crippen LogP contribution in [0.1, 0.15) is 40.0 Å². The number of hydrogen-bond acceptors (Lipinski definition) is 6. The van der Waals surface area contributed by atoms with Crippen LogP contribution in [0.5, 0.6) is 0 Å².